The molecule has 1 atom stereocenters. The zero-order valence-electron chi connectivity index (χ0n) is 13.0. The Morgan fingerprint density at radius 2 is 2.33 bits per heavy atom. The summed E-state index contributed by atoms with van der Waals surface area (Å²) >= 11 is 0. The van der Waals surface area contributed by atoms with E-state index in [9.17, 15) is 4.79 Å². The fourth-order valence-corrected chi connectivity index (χ4v) is 2.63. The van der Waals surface area contributed by atoms with Crippen molar-refractivity contribution >= 4 is 11.6 Å². The van der Waals surface area contributed by atoms with Gasteiger partial charge in [0.2, 0.25) is 0 Å². The summed E-state index contributed by atoms with van der Waals surface area (Å²) < 4.78 is 5.20. The van der Waals surface area contributed by atoms with Crippen LogP contribution in [0.2, 0.25) is 0 Å². The van der Waals surface area contributed by atoms with Gasteiger partial charge in [0.15, 0.2) is 5.69 Å². The van der Waals surface area contributed by atoms with E-state index in [1.165, 1.54) is 6.20 Å². The van der Waals surface area contributed by atoms with Gasteiger partial charge in [-0.2, -0.15) is 0 Å². The van der Waals surface area contributed by atoms with E-state index in [0.29, 0.717) is 36.3 Å². The van der Waals surface area contributed by atoms with Gasteiger partial charge in [0.1, 0.15) is 5.82 Å². The summed E-state index contributed by atoms with van der Waals surface area (Å²) in [6.07, 6.45) is 3.61. The van der Waals surface area contributed by atoms with Crippen molar-refractivity contribution in [1.82, 2.24) is 14.9 Å². The number of carbonyl (C=O) groups excluding carboxylic acids is 1. The maximum absolute atomic E-state index is 12.7. The quantitative estimate of drug-likeness (QED) is 0.913. The van der Waals surface area contributed by atoms with Crippen LogP contribution in [0.1, 0.15) is 48.9 Å². The van der Waals surface area contributed by atoms with Gasteiger partial charge in [-0.15, -0.1) is 0 Å². The SMILES string of the molecule is COCC1CCCN(C(=O)c2nc(C(C)C)ncc2N)C1. The zero-order chi connectivity index (χ0) is 15.4. The van der Waals surface area contributed by atoms with Gasteiger partial charge in [0.05, 0.1) is 18.5 Å². The van der Waals surface area contributed by atoms with Crippen molar-refractivity contribution in [2.75, 3.05) is 32.5 Å². The van der Waals surface area contributed by atoms with Crippen LogP contribution in [0.5, 0.6) is 0 Å². The molecule has 1 saturated heterocycles. The van der Waals surface area contributed by atoms with Gasteiger partial charge in [-0.05, 0) is 18.8 Å². The van der Waals surface area contributed by atoms with Crippen molar-refractivity contribution in [3.8, 4) is 0 Å². The molecule has 0 bridgehead atoms. The van der Waals surface area contributed by atoms with Crippen LogP contribution in [0, 0.1) is 5.92 Å². The standard InChI is InChI=1S/C15H24N4O2/c1-10(2)14-17-7-12(16)13(18-14)15(20)19-6-4-5-11(8-19)9-21-3/h7,10-11H,4-6,8-9,16H2,1-3H3. The Morgan fingerprint density at radius 1 is 1.57 bits per heavy atom. The molecule has 0 spiro atoms. The van der Waals surface area contributed by atoms with E-state index >= 15 is 0 Å². The van der Waals surface area contributed by atoms with Crippen molar-refractivity contribution in [2.24, 2.45) is 5.92 Å². The Bertz CT molecular complexity index is 502. The molecule has 2 heterocycles. The Balaban J connectivity index is 2.17. The number of piperidine rings is 1. The number of methoxy groups -OCH3 is 1. The fourth-order valence-electron chi connectivity index (χ4n) is 2.63. The number of rotatable bonds is 4. The Hall–Kier alpha value is -1.69. The molecule has 116 valence electrons. The number of nitrogens with two attached hydrogens (primary N) is 1. The molecule has 6 heteroatoms. The van der Waals surface area contributed by atoms with Crippen molar-refractivity contribution < 1.29 is 9.53 Å². The molecule has 1 aromatic heterocycles. The van der Waals surface area contributed by atoms with Crippen LogP contribution < -0.4 is 5.73 Å². The first-order valence-electron chi connectivity index (χ1n) is 7.43. The van der Waals surface area contributed by atoms with E-state index < -0.39 is 0 Å². The van der Waals surface area contributed by atoms with Crippen LogP contribution in [0.15, 0.2) is 6.20 Å². The third kappa shape index (κ3) is 3.69. The first-order chi connectivity index (χ1) is 10.0. The lowest BCUT2D eigenvalue weighted by atomic mass is 9.98. The summed E-state index contributed by atoms with van der Waals surface area (Å²) in [5.74, 6) is 1.11. The minimum atomic E-state index is -0.0994. The molecule has 0 radical (unpaired) electrons. The number of amides is 1. The summed E-state index contributed by atoms with van der Waals surface area (Å²) in [5.41, 5.74) is 6.56. The van der Waals surface area contributed by atoms with Gasteiger partial charge < -0.3 is 15.4 Å². The Morgan fingerprint density at radius 3 is 3.00 bits per heavy atom. The van der Waals surface area contributed by atoms with Crippen LogP contribution in [0.4, 0.5) is 5.69 Å². The van der Waals surface area contributed by atoms with E-state index in [0.717, 1.165) is 19.4 Å². The second-order valence-electron chi connectivity index (χ2n) is 5.90. The second kappa shape index (κ2) is 6.85. The lowest BCUT2D eigenvalue weighted by molar-refractivity contribution is 0.0566. The van der Waals surface area contributed by atoms with Gasteiger partial charge >= 0.3 is 0 Å². The van der Waals surface area contributed by atoms with Crippen molar-refractivity contribution in [3.05, 3.63) is 17.7 Å². The predicted octanol–water partition coefficient (Wildman–Crippen LogP) is 1.68. The summed E-state index contributed by atoms with van der Waals surface area (Å²) in [7, 11) is 1.69. The zero-order valence-corrected chi connectivity index (χ0v) is 13.0. The average molecular weight is 292 g/mol. The molecule has 0 aromatic carbocycles. The smallest absolute Gasteiger partial charge is 0.274 e. The third-order valence-corrected chi connectivity index (χ3v) is 3.76. The van der Waals surface area contributed by atoms with E-state index in [1.807, 2.05) is 18.7 Å². The van der Waals surface area contributed by atoms with Crippen molar-refractivity contribution in [3.63, 3.8) is 0 Å². The predicted molar refractivity (Wildman–Crippen MR) is 81.0 cm³/mol. The highest BCUT2D eigenvalue weighted by atomic mass is 16.5. The highest BCUT2D eigenvalue weighted by Gasteiger charge is 2.27. The lowest BCUT2D eigenvalue weighted by Crippen LogP contribution is -2.41. The first kappa shape index (κ1) is 15.7. The summed E-state index contributed by atoms with van der Waals surface area (Å²) in [6, 6.07) is 0. The van der Waals surface area contributed by atoms with E-state index in [4.69, 9.17) is 10.5 Å². The van der Waals surface area contributed by atoms with Gasteiger partial charge in [-0.1, -0.05) is 13.8 Å². The molecule has 0 saturated carbocycles. The lowest BCUT2D eigenvalue weighted by Gasteiger charge is -2.32. The minimum absolute atomic E-state index is 0.0994. The number of anilines is 1. The molecule has 6 nitrogen and oxygen atoms in total. The molecule has 0 aliphatic carbocycles. The summed E-state index contributed by atoms with van der Waals surface area (Å²) in [4.78, 5) is 23.0. The summed E-state index contributed by atoms with van der Waals surface area (Å²) in [6.45, 7) is 6.12. The number of hydrogen-bond donors (Lipinski definition) is 1. The van der Waals surface area contributed by atoms with Gasteiger partial charge in [0.25, 0.3) is 5.91 Å². The fraction of sp³-hybridized carbons (Fsp3) is 0.667. The number of likely N-dealkylation sites (tertiary alicyclic amines) is 1. The number of ether oxygens (including phenoxy) is 1. The van der Waals surface area contributed by atoms with E-state index in [-0.39, 0.29) is 11.8 Å². The molecular weight excluding hydrogens is 268 g/mol. The number of carbonyl (C=O) groups is 1. The average Bonchev–Trinajstić information content (AvgIpc) is 2.47. The number of aromatic nitrogens is 2. The maximum atomic E-state index is 12.7. The van der Waals surface area contributed by atoms with Crippen LogP contribution in [-0.4, -0.2) is 47.6 Å². The molecule has 1 aliphatic heterocycles. The van der Waals surface area contributed by atoms with Gasteiger partial charge in [0, 0.05) is 26.1 Å². The van der Waals surface area contributed by atoms with Crippen molar-refractivity contribution in [1.29, 1.82) is 0 Å². The number of nitrogen functional groups attached to an aromatic ring is 1. The molecule has 1 fully saturated rings. The number of hydrogen-bond acceptors (Lipinski definition) is 5. The Labute approximate surface area is 125 Å². The molecule has 2 rings (SSSR count). The molecule has 1 amide bonds. The molecule has 1 unspecified atom stereocenters. The largest absolute Gasteiger partial charge is 0.396 e. The second-order valence-corrected chi connectivity index (χ2v) is 5.90. The Kier molecular flexibility index (Phi) is 5.12. The van der Waals surface area contributed by atoms with Crippen LogP contribution in [0.25, 0.3) is 0 Å². The molecule has 1 aliphatic rings. The molecular formula is C15H24N4O2. The topological polar surface area (TPSA) is 81.3 Å². The van der Waals surface area contributed by atoms with Gasteiger partial charge in [-0.25, -0.2) is 9.97 Å². The monoisotopic (exact) mass is 292 g/mol. The normalized spacial score (nSPS) is 19.0. The minimum Gasteiger partial charge on any atom is -0.396 e. The molecule has 1 aromatic rings. The first-order valence-corrected chi connectivity index (χ1v) is 7.43. The summed E-state index contributed by atoms with van der Waals surface area (Å²) in [5, 5.41) is 0. The van der Waals surface area contributed by atoms with Crippen molar-refractivity contribution in [2.45, 2.75) is 32.6 Å². The van der Waals surface area contributed by atoms with Gasteiger partial charge in [-0.3, -0.25) is 4.79 Å². The molecule has 21 heavy (non-hydrogen) atoms. The number of nitrogens with zero attached hydrogens (tertiary/aromatic N) is 3. The third-order valence-electron chi connectivity index (χ3n) is 3.76. The van der Waals surface area contributed by atoms with E-state index in [1.54, 1.807) is 7.11 Å². The highest BCUT2D eigenvalue weighted by Crippen LogP contribution is 2.21. The van der Waals surface area contributed by atoms with Crippen LogP contribution >= 0.6 is 0 Å². The molecule has 2 N–H and O–H groups in total. The maximum Gasteiger partial charge on any atom is 0.274 e. The van der Waals surface area contributed by atoms with Crippen LogP contribution in [0.3, 0.4) is 0 Å². The van der Waals surface area contributed by atoms with E-state index in [2.05, 4.69) is 9.97 Å². The van der Waals surface area contributed by atoms with Crippen LogP contribution in [-0.2, 0) is 4.74 Å². The highest BCUT2D eigenvalue weighted by molar-refractivity contribution is 5.97.